The van der Waals surface area contributed by atoms with Gasteiger partial charge in [-0.2, -0.15) is 0 Å². The number of hydrogen-bond acceptors (Lipinski definition) is 8. The van der Waals surface area contributed by atoms with Crippen molar-refractivity contribution in [2.24, 2.45) is 29.1 Å². The molecular formula is C30H33N3O6S. The number of thiazole rings is 1. The second kappa shape index (κ2) is 9.68. The lowest BCUT2D eigenvalue weighted by atomic mass is 9.46. The van der Waals surface area contributed by atoms with Crippen molar-refractivity contribution < 1.29 is 28.7 Å². The molecule has 4 saturated carbocycles. The first-order chi connectivity index (χ1) is 19.3. The Morgan fingerprint density at radius 3 is 2.58 bits per heavy atom. The summed E-state index contributed by atoms with van der Waals surface area (Å²) in [6.45, 7) is 2.43. The van der Waals surface area contributed by atoms with Gasteiger partial charge in [0, 0.05) is 22.9 Å². The number of nitrogens with zero attached hydrogens (tertiary/aromatic N) is 2. The van der Waals surface area contributed by atoms with Crippen molar-refractivity contribution in [1.82, 2.24) is 15.2 Å². The Hall–Kier alpha value is -3.27. The second-order valence-corrected chi connectivity index (χ2v) is 13.3. The zero-order chi connectivity index (χ0) is 27.6. The standard InChI is InChI=1S/C30H33N3O6S/c1-16(30-10-17-7-18(11-30)9-19(8-17)12-30)28(37)39-29-31-20(15-40-29)14-38-24-4-2-3-21-22(24)13-33(27(21)36)23-5-6-25(34)32-26(23)35/h2-4,15-19,23H,5-14H2,1H3,(H,32,34,35). The first kappa shape index (κ1) is 25.7. The fourth-order valence-corrected chi connectivity index (χ4v) is 9.04. The first-order valence-corrected chi connectivity index (χ1v) is 15.2. The molecule has 40 heavy (non-hydrogen) atoms. The predicted octanol–water partition coefficient (Wildman–Crippen LogP) is 4.24. The van der Waals surface area contributed by atoms with E-state index in [1.165, 1.54) is 35.5 Å². The Kier molecular flexibility index (Phi) is 6.21. The highest BCUT2D eigenvalue weighted by atomic mass is 32.1. The minimum absolute atomic E-state index is 0.0852. The zero-order valence-corrected chi connectivity index (χ0v) is 23.3. The summed E-state index contributed by atoms with van der Waals surface area (Å²) in [5, 5.41) is 4.48. The van der Waals surface area contributed by atoms with E-state index >= 15 is 0 Å². The lowest BCUT2D eigenvalue weighted by Crippen LogP contribution is -2.52. The summed E-state index contributed by atoms with van der Waals surface area (Å²) in [5.74, 6) is 1.54. The van der Waals surface area contributed by atoms with Crippen molar-refractivity contribution in [2.75, 3.05) is 0 Å². The summed E-state index contributed by atoms with van der Waals surface area (Å²) in [7, 11) is 0. The molecule has 3 heterocycles. The highest BCUT2D eigenvalue weighted by Gasteiger charge is 2.55. The van der Waals surface area contributed by atoms with Crippen LogP contribution in [0.2, 0.25) is 0 Å². The van der Waals surface area contributed by atoms with Gasteiger partial charge < -0.3 is 14.4 Å². The molecule has 2 aliphatic heterocycles. The van der Waals surface area contributed by atoms with E-state index in [9.17, 15) is 19.2 Å². The highest BCUT2D eigenvalue weighted by molar-refractivity contribution is 7.11. The molecule has 8 rings (SSSR count). The van der Waals surface area contributed by atoms with Crippen molar-refractivity contribution in [3.05, 3.63) is 40.4 Å². The van der Waals surface area contributed by atoms with Gasteiger partial charge >= 0.3 is 5.97 Å². The number of nitrogens with one attached hydrogen (secondary N) is 1. The number of piperidine rings is 1. The fraction of sp³-hybridized carbons (Fsp3) is 0.567. The smallest absolute Gasteiger partial charge is 0.316 e. The molecule has 5 fully saturated rings. The minimum atomic E-state index is -0.679. The van der Waals surface area contributed by atoms with Gasteiger partial charge in [0.1, 0.15) is 18.4 Å². The molecule has 10 heteroatoms. The third-order valence-electron chi connectivity index (χ3n) is 9.99. The number of carbonyl (C=O) groups excluding carboxylic acids is 4. The molecular weight excluding hydrogens is 530 g/mol. The maximum Gasteiger partial charge on any atom is 0.316 e. The minimum Gasteiger partial charge on any atom is -0.487 e. The molecule has 2 atom stereocenters. The van der Waals surface area contributed by atoms with Gasteiger partial charge in [-0.05, 0) is 80.2 Å². The van der Waals surface area contributed by atoms with Crippen LogP contribution in [-0.4, -0.2) is 39.6 Å². The van der Waals surface area contributed by atoms with Gasteiger partial charge in [0.25, 0.3) is 11.1 Å². The molecule has 2 unspecified atom stereocenters. The Morgan fingerprint density at radius 2 is 1.88 bits per heavy atom. The van der Waals surface area contributed by atoms with Crippen molar-refractivity contribution >= 4 is 35.0 Å². The maximum atomic E-state index is 13.2. The number of rotatable bonds is 7. The Bertz CT molecular complexity index is 1370. The normalized spacial score (nSPS) is 31.2. The van der Waals surface area contributed by atoms with E-state index in [0.717, 1.165) is 37.0 Å². The number of hydrogen-bond donors (Lipinski definition) is 1. The predicted molar refractivity (Wildman–Crippen MR) is 144 cm³/mol. The fourth-order valence-electron chi connectivity index (χ4n) is 8.38. The molecule has 4 aliphatic carbocycles. The Balaban J connectivity index is 0.985. The van der Waals surface area contributed by atoms with E-state index in [-0.39, 0.29) is 48.7 Å². The third-order valence-corrected chi connectivity index (χ3v) is 10.8. The van der Waals surface area contributed by atoms with Crippen LogP contribution < -0.4 is 14.8 Å². The molecule has 0 spiro atoms. The van der Waals surface area contributed by atoms with Crippen molar-refractivity contribution in [1.29, 1.82) is 0 Å². The van der Waals surface area contributed by atoms with Crippen LogP contribution in [0.1, 0.15) is 79.9 Å². The zero-order valence-electron chi connectivity index (χ0n) is 22.5. The van der Waals surface area contributed by atoms with Crippen molar-refractivity contribution in [3.8, 4) is 10.9 Å². The summed E-state index contributed by atoms with van der Waals surface area (Å²) in [6.07, 6.45) is 7.98. The monoisotopic (exact) mass is 563 g/mol. The number of ether oxygens (including phenoxy) is 2. The van der Waals surface area contributed by atoms with E-state index < -0.39 is 11.9 Å². The molecule has 1 N–H and O–H groups in total. The van der Waals surface area contributed by atoms with Crippen LogP contribution in [0.15, 0.2) is 23.6 Å². The molecule has 2 aromatic rings. The molecule has 1 aromatic carbocycles. The largest absolute Gasteiger partial charge is 0.487 e. The van der Waals surface area contributed by atoms with Crippen molar-refractivity contribution in [3.63, 3.8) is 0 Å². The molecule has 9 nitrogen and oxygen atoms in total. The molecule has 3 amide bonds. The van der Waals surface area contributed by atoms with Crippen LogP contribution >= 0.6 is 11.3 Å². The van der Waals surface area contributed by atoms with E-state index in [1.54, 1.807) is 18.2 Å². The number of aromatic nitrogens is 1. The number of benzene rings is 1. The summed E-state index contributed by atoms with van der Waals surface area (Å²) >= 11 is 1.28. The third kappa shape index (κ3) is 4.40. The lowest BCUT2D eigenvalue weighted by molar-refractivity contribution is -0.153. The summed E-state index contributed by atoms with van der Waals surface area (Å²) in [6, 6.07) is 4.59. The number of esters is 1. The van der Waals surface area contributed by atoms with Crippen LogP contribution in [0.4, 0.5) is 0 Å². The molecule has 6 aliphatic rings. The molecule has 0 radical (unpaired) electrons. The molecule has 1 aromatic heterocycles. The van der Waals surface area contributed by atoms with Gasteiger partial charge in [0.05, 0.1) is 18.2 Å². The average Bonchev–Trinajstić information content (AvgIpc) is 3.50. The van der Waals surface area contributed by atoms with E-state index in [1.807, 2.05) is 12.3 Å². The number of imide groups is 1. The van der Waals surface area contributed by atoms with Gasteiger partial charge in [0.15, 0.2) is 0 Å². The maximum absolute atomic E-state index is 13.2. The quantitative estimate of drug-likeness (QED) is 0.396. The van der Waals surface area contributed by atoms with Crippen LogP contribution in [0.5, 0.6) is 10.9 Å². The Morgan fingerprint density at radius 1 is 1.15 bits per heavy atom. The van der Waals surface area contributed by atoms with Gasteiger partial charge in [-0.15, -0.1) is 0 Å². The van der Waals surface area contributed by atoms with Gasteiger partial charge in [-0.1, -0.05) is 24.3 Å². The summed E-state index contributed by atoms with van der Waals surface area (Å²) in [5.41, 5.74) is 1.93. The van der Waals surface area contributed by atoms with E-state index in [2.05, 4.69) is 10.3 Å². The molecule has 210 valence electrons. The Labute approximate surface area is 236 Å². The van der Waals surface area contributed by atoms with Crippen molar-refractivity contribution in [2.45, 2.75) is 77.5 Å². The molecule has 4 bridgehead atoms. The second-order valence-electron chi connectivity index (χ2n) is 12.5. The SMILES string of the molecule is CC(C(=O)Oc1nc(COc2cccc3c2CN(C2CCC(=O)NC2=O)C3=O)cs1)C12CC3CC(CC(C3)C1)C2. The van der Waals surface area contributed by atoms with Gasteiger partial charge in [-0.3, -0.25) is 24.5 Å². The van der Waals surface area contributed by atoms with E-state index in [0.29, 0.717) is 34.2 Å². The first-order valence-electron chi connectivity index (χ1n) is 14.3. The lowest BCUT2D eigenvalue weighted by Gasteiger charge is -2.58. The van der Waals surface area contributed by atoms with Gasteiger partial charge in [0.2, 0.25) is 11.8 Å². The van der Waals surface area contributed by atoms with Crippen LogP contribution in [0, 0.1) is 29.1 Å². The summed E-state index contributed by atoms with van der Waals surface area (Å²) in [4.78, 5) is 56.2. The highest BCUT2D eigenvalue weighted by Crippen LogP contribution is 2.62. The topological polar surface area (TPSA) is 115 Å². The average molecular weight is 564 g/mol. The van der Waals surface area contributed by atoms with Crippen LogP contribution in [-0.2, 0) is 27.5 Å². The number of amides is 3. The van der Waals surface area contributed by atoms with Crippen LogP contribution in [0.3, 0.4) is 0 Å². The summed E-state index contributed by atoms with van der Waals surface area (Å²) < 4.78 is 11.8. The van der Waals surface area contributed by atoms with Crippen LogP contribution in [0.25, 0.3) is 0 Å². The number of carbonyl (C=O) groups is 4. The van der Waals surface area contributed by atoms with Gasteiger partial charge in [-0.25, -0.2) is 4.98 Å². The molecule has 1 saturated heterocycles. The van der Waals surface area contributed by atoms with E-state index in [4.69, 9.17) is 9.47 Å². The number of fused-ring (bicyclic) bond motifs is 1.